The van der Waals surface area contributed by atoms with Crippen molar-refractivity contribution in [2.75, 3.05) is 32.7 Å². The van der Waals surface area contributed by atoms with Crippen molar-refractivity contribution in [1.29, 1.82) is 0 Å². The van der Waals surface area contributed by atoms with Crippen LogP contribution >= 0.6 is 11.8 Å². The van der Waals surface area contributed by atoms with E-state index in [-0.39, 0.29) is 0 Å². The smallest absolute Gasteiger partial charge is 0.159 e. The lowest BCUT2D eigenvalue weighted by Crippen LogP contribution is -2.45. The monoisotopic (exact) mass is 199 g/mol. The highest BCUT2D eigenvalue weighted by Gasteiger charge is 2.30. The molecule has 0 unspecified atom stereocenters. The summed E-state index contributed by atoms with van der Waals surface area (Å²) in [6.45, 7) is 9.91. The van der Waals surface area contributed by atoms with E-state index in [1.165, 1.54) is 5.17 Å². The maximum atomic E-state index is 4.59. The molecule has 0 saturated carbocycles. The number of thioether (sulfide) groups is 1. The molecule has 0 aromatic carbocycles. The standard InChI is InChI=1S/C9H17N3S/c1-9(2)7-11-8(13-9)12-5-3-10-4-6-12/h10H,3-7H2,1-2H3. The first kappa shape index (κ1) is 9.34. The molecular formula is C9H17N3S. The maximum absolute atomic E-state index is 4.59. The first-order valence-corrected chi connectivity index (χ1v) is 5.68. The van der Waals surface area contributed by atoms with Gasteiger partial charge in [-0.15, -0.1) is 0 Å². The van der Waals surface area contributed by atoms with E-state index < -0.39 is 0 Å². The minimum atomic E-state index is 0.320. The second-order valence-electron chi connectivity index (χ2n) is 4.20. The Morgan fingerprint density at radius 2 is 2.08 bits per heavy atom. The Bertz CT molecular complexity index is 219. The molecule has 0 aliphatic carbocycles. The second-order valence-corrected chi connectivity index (χ2v) is 5.87. The zero-order chi connectivity index (χ0) is 9.31. The third-order valence-corrected chi connectivity index (χ3v) is 3.60. The molecule has 4 heteroatoms. The molecule has 1 fully saturated rings. The normalized spacial score (nSPS) is 27.5. The summed E-state index contributed by atoms with van der Waals surface area (Å²) in [6, 6.07) is 0. The largest absolute Gasteiger partial charge is 0.349 e. The summed E-state index contributed by atoms with van der Waals surface area (Å²) >= 11 is 1.92. The number of amidine groups is 1. The van der Waals surface area contributed by atoms with Crippen LogP contribution < -0.4 is 5.32 Å². The van der Waals surface area contributed by atoms with Crippen molar-refractivity contribution < 1.29 is 0 Å². The average Bonchev–Trinajstić information content (AvgIpc) is 2.48. The first-order chi connectivity index (χ1) is 6.17. The van der Waals surface area contributed by atoms with Gasteiger partial charge in [0.15, 0.2) is 5.17 Å². The topological polar surface area (TPSA) is 27.6 Å². The third-order valence-electron chi connectivity index (χ3n) is 2.35. The number of nitrogens with one attached hydrogen (secondary N) is 1. The number of nitrogens with zero attached hydrogens (tertiary/aromatic N) is 2. The molecule has 0 aromatic heterocycles. The molecule has 2 rings (SSSR count). The lowest BCUT2D eigenvalue weighted by molar-refractivity contribution is 0.363. The molecule has 2 aliphatic heterocycles. The van der Waals surface area contributed by atoms with Gasteiger partial charge in [-0.2, -0.15) is 0 Å². The fourth-order valence-electron chi connectivity index (χ4n) is 1.59. The van der Waals surface area contributed by atoms with Gasteiger partial charge in [0.25, 0.3) is 0 Å². The SMILES string of the molecule is CC1(C)CN=C(N2CCNCC2)S1. The summed E-state index contributed by atoms with van der Waals surface area (Å²) in [5.41, 5.74) is 0. The van der Waals surface area contributed by atoms with Gasteiger partial charge < -0.3 is 10.2 Å². The van der Waals surface area contributed by atoms with Gasteiger partial charge in [0.2, 0.25) is 0 Å². The van der Waals surface area contributed by atoms with Crippen LogP contribution in [0.4, 0.5) is 0 Å². The highest BCUT2D eigenvalue weighted by molar-refractivity contribution is 8.15. The van der Waals surface area contributed by atoms with Crippen LogP contribution in [0.5, 0.6) is 0 Å². The van der Waals surface area contributed by atoms with Gasteiger partial charge in [0.1, 0.15) is 0 Å². The number of hydrogen-bond acceptors (Lipinski definition) is 4. The number of aliphatic imine (C=N–C) groups is 1. The first-order valence-electron chi connectivity index (χ1n) is 4.86. The van der Waals surface area contributed by atoms with Gasteiger partial charge in [-0.3, -0.25) is 4.99 Å². The summed E-state index contributed by atoms with van der Waals surface area (Å²) in [6.07, 6.45) is 0. The fourth-order valence-corrected chi connectivity index (χ4v) is 2.65. The highest BCUT2D eigenvalue weighted by atomic mass is 32.2. The van der Waals surface area contributed by atoms with Crippen LogP contribution in [-0.4, -0.2) is 47.5 Å². The minimum absolute atomic E-state index is 0.320. The average molecular weight is 199 g/mol. The molecular weight excluding hydrogens is 182 g/mol. The van der Waals surface area contributed by atoms with Crippen LogP contribution in [0.15, 0.2) is 4.99 Å². The quantitative estimate of drug-likeness (QED) is 0.624. The molecule has 3 nitrogen and oxygen atoms in total. The molecule has 0 aromatic rings. The highest BCUT2D eigenvalue weighted by Crippen LogP contribution is 2.33. The predicted octanol–water partition coefficient (Wildman–Crippen LogP) is 0.773. The Labute approximate surface area is 84.0 Å². The molecule has 2 heterocycles. The van der Waals surface area contributed by atoms with E-state index in [4.69, 9.17) is 0 Å². The summed E-state index contributed by atoms with van der Waals surface area (Å²) in [5, 5.41) is 4.61. The van der Waals surface area contributed by atoms with E-state index in [0.717, 1.165) is 32.7 Å². The van der Waals surface area contributed by atoms with Crippen LogP contribution in [0.3, 0.4) is 0 Å². The van der Waals surface area contributed by atoms with Crippen LogP contribution in [0, 0.1) is 0 Å². The summed E-state index contributed by atoms with van der Waals surface area (Å²) in [7, 11) is 0. The second kappa shape index (κ2) is 3.50. The zero-order valence-electron chi connectivity index (χ0n) is 8.34. The van der Waals surface area contributed by atoms with Crippen molar-refractivity contribution in [3.05, 3.63) is 0 Å². The molecule has 2 aliphatic rings. The summed E-state index contributed by atoms with van der Waals surface area (Å²) in [4.78, 5) is 6.99. The number of piperazine rings is 1. The Kier molecular flexibility index (Phi) is 2.51. The molecule has 0 amide bonds. The van der Waals surface area contributed by atoms with E-state index in [0.29, 0.717) is 4.75 Å². The number of rotatable bonds is 0. The van der Waals surface area contributed by atoms with Crippen molar-refractivity contribution in [3.8, 4) is 0 Å². The van der Waals surface area contributed by atoms with Crippen LogP contribution in [0.25, 0.3) is 0 Å². The zero-order valence-corrected chi connectivity index (χ0v) is 9.15. The molecule has 0 atom stereocenters. The van der Waals surface area contributed by atoms with Gasteiger partial charge >= 0.3 is 0 Å². The van der Waals surface area contributed by atoms with E-state index >= 15 is 0 Å². The van der Waals surface area contributed by atoms with Crippen molar-refractivity contribution in [3.63, 3.8) is 0 Å². The Balaban J connectivity index is 1.94. The molecule has 0 radical (unpaired) electrons. The molecule has 0 bridgehead atoms. The van der Waals surface area contributed by atoms with Crippen LogP contribution in [-0.2, 0) is 0 Å². The molecule has 74 valence electrons. The summed E-state index contributed by atoms with van der Waals surface area (Å²) < 4.78 is 0.320. The van der Waals surface area contributed by atoms with Gasteiger partial charge in [-0.05, 0) is 13.8 Å². The lowest BCUT2D eigenvalue weighted by atomic mass is 10.2. The van der Waals surface area contributed by atoms with Crippen LogP contribution in [0.1, 0.15) is 13.8 Å². The van der Waals surface area contributed by atoms with Crippen LogP contribution in [0.2, 0.25) is 0 Å². The van der Waals surface area contributed by atoms with Gasteiger partial charge in [0.05, 0.1) is 6.54 Å². The predicted molar refractivity (Wildman–Crippen MR) is 58.4 cm³/mol. The molecule has 1 saturated heterocycles. The Morgan fingerprint density at radius 3 is 2.62 bits per heavy atom. The minimum Gasteiger partial charge on any atom is -0.349 e. The van der Waals surface area contributed by atoms with E-state index in [1.54, 1.807) is 0 Å². The third kappa shape index (κ3) is 2.17. The summed E-state index contributed by atoms with van der Waals surface area (Å²) in [5.74, 6) is 0. The molecule has 0 spiro atoms. The Hall–Kier alpha value is -0.220. The van der Waals surface area contributed by atoms with Crippen molar-refractivity contribution in [2.24, 2.45) is 4.99 Å². The van der Waals surface area contributed by atoms with Crippen molar-refractivity contribution in [1.82, 2.24) is 10.2 Å². The number of hydrogen-bond donors (Lipinski definition) is 1. The molecule has 13 heavy (non-hydrogen) atoms. The van der Waals surface area contributed by atoms with Gasteiger partial charge in [0, 0.05) is 30.9 Å². The van der Waals surface area contributed by atoms with Gasteiger partial charge in [-0.25, -0.2) is 0 Å². The van der Waals surface area contributed by atoms with Crippen molar-refractivity contribution >= 4 is 16.9 Å². The van der Waals surface area contributed by atoms with E-state index in [9.17, 15) is 0 Å². The maximum Gasteiger partial charge on any atom is 0.159 e. The lowest BCUT2D eigenvalue weighted by Gasteiger charge is -2.29. The van der Waals surface area contributed by atoms with Crippen molar-refractivity contribution in [2.45, 2.75) is 18.6 Å². The van der Waals surface area contributed by atoms with E-state index in [1.807, 2.05) is 11.8 Å². The Morgan fingerprint density at radius 1 is 1.38 bits per heavy atom. The molecule has 1 N–H and O–H groups in total. The van der Waals surface area contributed by atoms with E-state index in [2.05, 4.69) is 29.1 Å². The fraction of sp³-hybridized carbons (Fsp3) is 0.889. The van der Waals surface area contributed by atoms with Gasteiger partial charge in [-0.1, -0.05) is 11.8 Å².